The van der Waals surface area contributed by atoms with Gasteiger partial charge in [0.2, 0.25) is 0 Å². The number of rotatable bonds is 4. The summed E-state index contributed by atoms with van der Waals surface area (Å²) in [7, 11) is 0. The fraction of sp³-hybridized carbons (Fsp3) is 0.333. The second kappa shape index (κ2) is 7.74. The quantitative estimate of drug-likeness (QED) is 0.762. The number of halogens is 2. The molecule has 4 rings (SSSR count). The van der Waals surface area contributed by atoms with Gasteiger partial charge in [-0.05, 0) is 48.2 Å². The summed E-state index contributed by atoms with van der Waals surface area (Å²) >= 11 is 11.9. The highest BCUT2D eigenvalue weighted by Gasteiger charge is 2.52. The molecule has 28 heavy (non-hydrogen) atoms. The molecule has 0 unspecified atom stereocenters. The molecular formula is C21H21Cl2N3O2. The number of hydrogen-bond donors (Lipinski definition) is 1. The molecule has 2 fully saturated rings. The van der Waals surface area contributed by atoms with Gasteiger partial charge in [-0.15, -0.1) is 0 Å². The van der Waals surface area contributed by atoms with E-state index in [1.165, 1.54) is 10.5 Å². The Morgan fingerprint density at radius 2 is 1.32 bits per heavy atom. The summed E-state index contributed by atoms with van der Waals surface area (Å²) in [4.78, 5) is 29.1. The highest BCUT2D eigenvalue weighted by Crippen LogP contribution is 2.31. The largest absolute Gasteiger partial charge is 0.325 e. The molecule has 0 aliphatic carbocycles. The minimum Gasteiger partial charge on any atom is -0.323 e. The Kier molecular flexibility index (Phi) is 5.32. The topological polar surface area (TPSA) is 52.7 Å². The van der Waals surface area contributed by atoms with E-state index in [1.54, 1.807) is 12.1 Å². The Morgan fingerprint density at radius 1 is 0.821 bits per heavy atom. The summed E-state index contributed by atoms with van der Waals surface area (Å²) in [5, 5.41) is 4.31. The van der Waals surface area contributed by atoms with Crippen molar-refractivity contribution in [2.75, 3.05) is 13.1 Å². The third-order valence-electron chi connectivity index (χ3n) is 5.53. The summed E-state index contributed by atoms with van der Waals surface area (Å²) < 4.78 is 0. The molecule has 2 aliphatic heterocycles. The number of nitrogens with zero attached hydrogens (tertiary/aromatic N) is 2. The van der Waals surface area contributed by atoms with E-state index < -0.39 is 5.54 Å². The number of likely N-dealkylation sites (tertiary alicyclic amines) is 1. The zero-order chi connectivity index (χ0) is 19.7. The van der Waals surface area contributed by atoms with E-state index in [9.17, 15) is 9.59 Å². The van der Waals surface area contributed by atoms with Crippen LogP contribution in [0, 0.1) is 0 Å². The Labute approximate surface area is 174 Å². The normalized spacial score (nSPS) is 19.3. The van der Waals surface area contributed by atoms with Crippen LogP contribution in [0.1, 0.15) is 24.0 Å². The Morgan fingerprint density at radius 3 is 1.86 bits per heavy atom. The van der Waals surface area contributed by atoms with Gasteiger partial charge >= 0.3 is 6.03 Å². The molecule has 7 heteroatoms. The van der Waals surface area contributed by atoms with E-state index in [0.29, 0.717) is 17.9 Å². The number of carbonyl (C=O) groups excluding carboxylic acids is 2. The maximum Gasteiger partial charge on any atom is 0.325 e. The van der Waals surface area contributed by atoms with Crippen LogP contribution in [-0.2, 0) is 17.9 Å². The fourth-order valence-corrected chi connectivity index (χ4v) is 4.12. The van der Waals surface area contributed by atoms with Crippen molar-refractivity contribution in [2.45, 2.75) is 31.5 Å². The molecule has 2 saturated heterocycles. The van der Waals surface area contributed by atoms with Crippen LogP contribution < -0.4 is 5.32 Å². The summed E-state index contributed by atoms with van der Waals surface area (Å²) in [6.07, 6.45) is 1.23. The average molecular weight is 418 g/mol. The molecule has 146 valence electrons. The molecule has 1 spiro atoms. The first-order valence-corrected chi connectivity index (χ1v) is 10.1. The van der Waals surface area contributed by atoms with Gasteiger partial charge in [0.15, 0.2) is 0 Å². The van der Waals surface area contributed by atoms with Crippen LogP contribution in [0.25, 0.3) is 0 Å². The van der Waals surface area contributed by atoms with Crippen molar-refractivity contribution in [3.63, 3.8) is 0 Å². The molecule has 2 aromatic carbocycles. The van der Waals surface area contributed by atoms with Crippen LogP contribution in [0.3, 0.4) is 0 Å². The summed E-state index contributed by atoms with van der Waals surface area (Å²) in [5.41, 5.74) is 1.29. The summed E-state index contributed by atoms with van der Waals surface area (Å²) in [6, 6.07) is 14.7. The van der Waals surface area contributed by atoms with Gasteiger partial charge in [0.1, 0.15) is 5.54 Å². The van der Waals surface area contributed by atoms with Crippen LogP contribution in [0.2, 0.25) is 10.0 Å². The molecular weight excluding hydrogens is 397 g/mol. The number of benzene rings is 2. The molecule has 0 bridgehead atoms. The molecule has 0 radical (unpaired) electrons. The second-order valence-electron chi connectivity index (χ2n) is 7.43. The van der Waals surface area contributed by atoms with Gasteiger partial charge in [-0.1, -0.05) is 47.5 Å². The SMILES string of the molecule is O=C1NC2(CCN(Cc3ccc(Cl)cc3)CC2)C(=O)N1Cc1ccc(Cl)cc1. The molecule has 5 nitrogen and oxygen atoms in total. The van der Waals surface area contributed by atoms with Gasteiger partial charge in [-0.25, -0.2) is 4.79 Å². The lowest BCUT2D eigenvalue weighted by Crippen LogP contribution is -2.54. The van der Waals surface area contributed by atoms with E-state index in [4.69, 9.17) is 23.2 Å². The fourth-order valence-electron chi connectivity index (χ4n) is 3.87. The number of imide groups is 1. The first-order chi connectivity index (χ1) is 13.4. The highest BCUT2D eigenvalue weighted by molar-refractivity contribution is 6.30. The number of hydrogen-bond acceptors (Lipinski definition) is 3. The molecule has 0 aromatic heterocycles. The number of urea groups is 1. The predicted molar refractivity (Wildman–Crippen MR) is 109 cm³/mol. The third-order valence-corrected chi connectivity index (χ3v) is 6.03. The minimum absolute atomic E-state index is 0.126. The van der Waals surface area contributed by atoms with Gasteiger partial charge in [0.25, 0.3) is 5.91 Å². The molecule has 2 aromatic rings. The van der Waals surface area contributed by atoms with Crippen LogP contribution >= 0.6 is 23.2 Å². The predicted octanol–water partition coefficient (Wildman–Crippen LogP) is 4.08. The van der Waals surface area contributed by atoms with Gasteiger partial charge in [0, 0.05) is 29.7 Å². The monoisotopic (exact) mass is 417 g/mol. The van der Waals surface area contributed by atoms with E-state index in [1.807, 2.05) is 36.4 Å². The maximum absolute atomic E-state index is 13.0. The zero-order valence-corrected chi connectivity index (χ0v) is 16.8. The van der Waals surface area contributed by atoms with Crippen molar-refractivity contribution in [2.24, 2.45) is 0 Å². The van der Waals surface area contributed by atoms with Crippen LogP contribution in [-0.4, -0.2) is 40.4 Å². The van der Waals surface area contributed by atoms with Gasteiger partial charge in [0.05, 0.1) is 6.54 Å². The van der Waals surface area contributed by atoms with Crippen LogP contribution in [0.4, 0.5) is 4.79 Å². The number of piperidine rings is 1. The van der Waals surface area contributed by atoms with Gasteiger partial charge in [-0.2, -0.15) is 0 Å². The van der Waals surface area contributed by atoms with E-state index in [-0.39, 0.29) is 18.5 Å². The lowest BCUT2D eigenvalue weighted by atomic mass is 9.87. The molecule has 2 aliphatic rings. The minimum atomic E-state index is -0.778. The number of amides is 3. The average Bonchev–Trinajstić information content (AvgIpc) is 2.91. The third kappa shape index (κ3) is 3.88. The van der Waals surface area contributed by atoms with Crippen molar-refractivity contribution < 1.29 is 9.59 Å². The van der Waals surface area contributed by atoms with E-state index in [2.05, 4.69) is 10.2 Å². The van der Waals surface area contributed by atoms with Crippen LogP contribution in [0.15, 0.2) is 48.5 Å². The molecule has 2 heterocycles. The van der Waals surface area contributed by atoms with Crippen molar-refractivity contribution in [3.05, 3.63) is 69.7 Å². The number of nitrogens with one attached hydrogen (secondary N) is 1. The Hall–Kier alpha value is -2.08. The Balaban J connectivity index is 1.39. The van der Waals surface area contributed by atoms with Gasteiger partial charge in [-0.3, -0.25) is 14.6 Å². The van der Waals surface area contributed by atoms with Gasteiger partial charge < -0.3 is 5.32 Å². The molecule has 0 saturated carbocycles. The van der Waals surface area contributed by atoms with E-state index in [0.717, 1.165) is 30.2 Å². The lowest BCUT2D eigenvalue weighted by Gasteiger charge is -2.37. The van der Waals surface area contributed by atoms with Crippen LogP contribution in [0.5, 0.6) is 0 Å². The molecule has 0 atom stereocenters. The van der Waals surface area contributed by atoms with Crippen molar-refractivity contribution in [3.8, 4) is 0 Å². The number of carbonyl (C=O) groups is 2. The zero-order valence-electron chi connectivity index (χ0n) is 15.3. The first kappa shape index (κ1) is 19.2. The first-order valence-electron chi connectivity index (χ1n) is 9.31. The van der Waals surface area contributed by atoms with E-state index >= 15 is 0 Å². The summed E-state index contributed by atoms with van der Waals surface area (Å²) in [6.45, 7) is 2.58. The smallest absolute Gasteiger partial charge is 0.323 e. The summed E-state index contributed by atoms with van der Waals surface area (Å²) in [5.74, 6) is -0.126. The standard InChI is InChI=1S/C21H21Cl2N3O2/c22-17-5-1-15(2-6-17)13-25-11-9-21(10-12-25)19(27)26(20(28)24-21)14-16-3-7-18(23)8-4-16/h1-8H,9-14H2,(H,24,28). The van der Waals surface area contributed by atoms with Crippen molar-refractivity contribution in [1.29, 1.82) is 0 Å². The Bertz CT molecular complexity index is 876. The maximum atomic E-state index is 13.0. The second-order valence-corrected chi connectivity index (χ2v) is 8.31. The molecule has 3 amide bonds. The lowest BCUT2D eigenvalue weighted by molar-refractivity contribution is -0.133. The highest BCUT2D eigenvalue weighted by atomic mass is 35.5. The molecule has 1 N–H and O–H groups in total. The van der Waals surface area contributed by atoms with Crippen molar-refractivity contribution in [1.82, 2.24) is 15.1 Å². The van der Waals surface area contributed by atoms with Crippen molar-refractivity contribution >= 4 is 35.1 Å².